The van der Waals surface area contributed by atoms with Gasteiger partial charge in [-0.3, -0.25) is 0 Å². The highest BCUT2D eigenvalue weighted by Crippen LogP contribution is 2.21. The molecule has 1 aromatic heterocycles. The minimum Gasteiger partial charge on any atom is -0.389 e. The maximum Gasteiger partial charge on any atom is 0.404 e. The molecule has 0 fully saturated rings. The Morgan fingerprint density at radius 3 is 3.00 bits per heavy atom. The number of hydrogen-bond acceptors (Lipinski definition) is 5. The van der Waals surface area contributed by atoms with Gasteiger partial charge in [-0.1, -0.05) is 0 Å². The van der Waals surface area contributed by atoms with Gasteiger partial charge < -0.3 is 20.0 Å². The van der Waals surface area contributed by atoms with E-state index in [1.807, 2.05) is 6.92 Å². The van der Waals surface area contributed by atoms with Gasteiger partial charge in [0, 0.05) is 6.61 Å². The van der Waals surface area contributed by atoms with Crippen LogP contribution in [0.15, 0.2) is 10.7 Å². The molecule has 0 bridgehead atoms. The highest BCUT2D eigenvalue weighted by Gasteiger charge is 2.19. The molecule has 0 saturated carbocycles. The summed E-state index contributed by atoms with van der Waals surface area (Å²) in [6.45, 7) is 2.68. The van der Waals surface area contributed by atoms with Crippen LogP contribution in [0.25, 0.3) is 0 Å². The minimum absolute atomic E-state index is 0.159. The molecule has 1 N–H and O–H groups in total. The van der Waals surface area contributed by atoms with E-state index in [0.29, 0.717) is 11.1 Å². The number of halogens is 1. The monoisotopic (exact) mass is 293 g/mol. The molecule has 1 rings (SSSR count). The predicted molar refractivity (Wildman–Crippen MR) is 59.1 cm³/mol. The summed E-state index contributed by atoms with van der Waals surface area (Å²) in [7, 11) is 0. The molecule has 0 aliphatic carbocycles. The number of nitrogens with zero attached hydrogens (tertiary/aromatic N) is 3. The molecule has 1 atom stereocenters. The van der Waals surface area contributed by atoms with Crippen molar-refractivity contribution < 1.29 is 14.8 Å². The molecule has 0 aromatic carbocycles. The summed E-state index contributed by atoms with van der Waals surface area (Å²) >= 11 is 3.02. The fourth-order valence-corrected chi connectivity index (χ4v) is 1.59. The van der Waals surface area contributed by atoms with Gasteiger partial charge in [0.2, 0.25) is 0 Å². The summed E-state index contributed by atoms with van der Waals surface area (Å²) in [5, 5.41) is 23.7. The molecule has 0 unspecified atom stereocenters. The standard InChI is InChI=1S/C8H12BrN3O4/c1-2-16-5-6(13)3-11-4-7(9)8(10-11)12(14)15/h4,6,13H,2-3,5H2,1H3/t6-/m0/s1. The third kappa shape index (κ3) is 3.54. The molecule has 0 saturated heterocycles. The Balaban J connectivity index is 2.60. The molecular weight excluding hydrogens is 282 g/mol. The third-order valence-corrected chi connectivity index (χ3v) is 2.34. The first kappa shape index (κ1) is 13.1. The van der Waals surface area contributed by atoms with E-state index in [1.54, 1.807) is 0 Å². The number of aliphatic hydroxyl groups excluding tert-OH is 1. The van der Waals surface area contributed by atoms with E-state index in [2.05, 4.69) is 21.0 Å². The Labute approximate surface area is 100 Å². The van der Waals surface area contributed by atoms with Crippen LogP contribution < -0.4 is 0 Å². The highest BCUT2D eigenvalue weighted by molar-refractivity contribution is 9.10. The Morgan fingerprint density at radius 1 is 1.81 bits per heavy atom. The van der Waals surface area contributed by atoms with Gasteiger partial charge in [-0.15, -0.1) is 0 Å². The molecule has 0 aliphatic heterocycles. The normalized spacial score (nSPS) is 12.7. The second-order valence-electron chi connectivity index (χ2n) is 3.09. The Kier molecular flexibility index (Phi) is 4.84. The number of aliphatic hydroxyl groups is 1. The number of ether oxygens (including phenoxy) is 1. The minimum atomic E-state index is -0.730. The van der Waals surface area contributed by atoms with Gasteiger partial charge >= 0.3 is 5.82 Å². The van der Waals surface area contributed by atoms with Crippen LogP contribution in [0.5, 0.6) is 0 Å². The number of nitro groups is 1. The first-order valence-corrected chi connectivity index (χ1v) is 5.47. The quantitative estimate of drug-likeness (QED) is 0.623. The van der Waals surface area contributed by atoms with E-state index in [9.17, 15) is 15.2 Å². The van der Waals surface area contributed by atoms with E-state index < -0.39 is 11.0 Å². The third-order valence-electron chi connectivity index (χ3n) is 1.78. The van der Waals surface area contributed by atoms with Crippen molar-refractivity contribution in [1.82, 2.24) is 9.78 Å². The number of hydrogen-bond donors (Lipinski definition) is 1. The van der Waals surface area contributed by atoms with Crippen molar-refractivity contribution in [2.75, 3.05) is 13.2 Å². The summed E-state index contributed by atoms with van der Waals surface area (Å²) in [5.74, 6) is -0.261. The molecule has 1 aromatic rings. The molecule has 1 heterocycles. The summed E-state index contributed by atoms with van der Waals surface area (Å²) in [5.41, 5.74) is 0. The van der Waals surface area contributed by atoms with Crippen molar-refractivity contribution >= 4 is 21.7 Å². The Bertz CT molecular complexity index is 368. The van der Waals surface area contributed by atoms with Gasteiger partial charge in [0.25, 0.3) is 0 Å². The fraction of sp³-hybridized carbons (Fsp3) is 0.625. The van der Waals surface area contributed by atoms with Gasteiger partial charge in [-0.2, -0.15) is 4.68 Å². The zero-order valence-corrected chi connectivity index (χ0v) is 10.3. The first-order valence-electron chi connectivity index (χ1n) is 4.67. The van der Waals surface area contributed by atoms with Crippen LogP contribution in [-0.4, -0.2) is 39.1 Å². The van der Waals surface area contributed by atoms with Crippen LogP contribution >= 0.6 is 15.9 Å². The van der Waals surface area contributed by atoms with Gasteiger partial charge in [0.05, 0.1) is 30.6 Å². The van der Waals surface area contributed by atoms with E-state index >= 15 is 0 Å². The van der Waals surface area contributed by atoms with E-state index in [-0.39, 0.29) is 19.0 Å². The number of rotatable bonds is 6. The smallest absolute Gasteiger partial charge is 0.389 e. The van der Waals surface area contributed by atoms with E-state index in [4.69, 9.17) is 4.74 Å². The molecular formula is C8H12BrN3O4. The molecule has 16 heavy (non-hydrogen) atoms. The second-order valence-corrected chi connectivity index (χ2v) is 3.95. The first-order chi connectivity index (χ1) is 7.54. The maximum absolute atomic E-state index is 10.5. The van der Waals surface area contributed by atoms with E-state index in [0.717, 1.165) is 0 Å². The van der Waals surface area contributed by atoms with Crippen LogP contribution in [0.4, 0.5) is 5.82 Å². The topological polar surface area (TPSA) is 90.4 Å². The van der Waals surface area contributed by atoms with Gasteiger partial charge in [-0.25, -0.2) is 0 Å². The largest absolute Gasteiger partial charge is 0.404 e. The lowest BCUT2D eigenvalue weighted by atomic mass is 10.4. The van der Waals surface area contributed by atoms with Crippen molar-refractivity contribution in [2.24, 2.45) is 0 Å². The van der Waals surface area contributed by atoms with Crippen LogP contribution in [0.1, 0.15) is 6.92 Å². The molecule has 0 radical (unpaired) electrons. The average molecular weight is 294 g/mol. The van der Waals surface area contributed by atoms with Crippen molar-refractivity contribution in [1.29, 1.82) is 0 Å². The second kappa shape index (κ2) is 5.92. The molecule has 0 amide bonds. The molecule has 0 spiro atoms. The summed E-state index contributed by atoms with van der Waals surface area (Å²) < 4.78 is 6.62. The van der Waals surface area contributed by atoms with Crippen molar-refractivity contribution in [2.45, 2.75) is 19.6 Å². The van der Waals surface area contributed by atoms with E-state index in [1.165, 1.54) is 10.9 Å². The Hall–Kier alpha value is -0.990. The van der Waals surface area contributed by atoms with Crippen LogP contribution in [0, 0.1) is 10.1 Å². The lowest BCUT2D eigenvalue weighted by molar-refractivity contribution is -0.390. The van der Waals surface area contributed by atoms with Crippen molar-refractivity contribution in [3.63, 3.8) is 0 Å². The van der Waals surface area contributed by atoms with Gasteiger partial charge in [-0.05, 0) is 27.8 Å². The molecule has 7 nitrogen and oxygen atoms in total. The van der Waals surface area contributed by atoms with Crippen LogP contribution in [-0.2, 0) is 11.3 Å². The molecule has 0 aliphatic rings. The zero-order valence-electron chi connectivity index (χ0n) is 8.67. The summed E-state index contributed by atoms with van der Waals surface area (Å²) in [6, 6.07) is 0. The lowest BCUT2D eigenvalue weighted by Gasteiger charge is -2.07. The fourth-order valence-electron chi connectivity index (χ4n) is 1.13. The summed E-state index contributed by atoms with van der Waals surface area (Å²) in [6.07, 6.45) is 0.721. The maximum atomic E-state index is 10.5. The van der Waals surface area contributed by atoms with Crippen LogP contribution in [0.3, 0.4) is 0 Å². The molecule has 90 valence electrons. The van der Waals surface area contributed by atoms with Crippen LogP contribution in [0.2, 0.25) is 0 Å². The zero-order chi connectivity index (χ0) is 12.1. The SMILES string of the molecule is CCOC[C@@H](O)Cn1cc(Br)c([N+](=O)[O-])n1. The van der Waals surface area contributed by atoms with Crippen molar-refractivity contribution in [3.8, 4) is 0 Å². The summed E-state index contributed by atoms with van der Waals surface area (Å²) in [4.78, 5) is 9.92. The van der Waals surface area contributed by atoms with Gasteiger partial charge in [0.15, 0.2) is 0 Å². The van der Waals surface area contributed by atoms with Crippen molar-refractivity contribution in [3.05, 3.63) is 20.8 Å². The van der Waals surface area contributed by atoms with Gasteiger partial charge in [0.1, 0.15) is 4.47 Å². The molecule has 8 heteroatoms. The highest BCUT2D eigenvalue weighted by atomic mass is 79.9. The lowest BCUT2D eigenvalue weighted by Crippen LogP contribution is -2.22. The average Bonchev–Trinajstić information content (AvgIpc) is 2.56. The number of aromatic nitrogens is 2. The predicted octanol–water partition coefficient (Wildman–Crippen LogP) is 0.951. The Morgan fingerprint density at radius 2 is 2.50 bits per heavy atom.